The van der Waals surface area contributed by atoms with Gasteiger partial charge >= 0.3 is 0 Å². The minimum absolute atomic E-state index is 0. The Bertz CT molecular complexity index is 218. The minimum Gasteiger partial charge on any atom is -0.465 e. The molecule has 0 spiro atoms. The van der Waals surface area contributed by atoms with Crippen LogP contribution in [-0.2, 0) is 28.5 Å². The molecule has 1 rings (SSSR count). The van der Waals surface area contributed by atoms with Crippen LogP contribution in [0.15, 0.2) is 0 Å². The van der Waals surface area contributed by atoms with Crippen molar-refractivity contribution in [3.8, 4) is 0 Å². The van der Waals surface area contributed by atoms with Crippen LogP contribution in [0.4, 0.5) is 0 Å². The van der Waals surface area contributed by atoms with Gasteiger partial charge in [-0.2, -0.15) is 0 Å². The quantitative estimate of drug-likeness (QED) is 0.429. The lowest BCUT2D eigenvalue weighted by Crippen LogP contribution is -2.49. The highest BCUT2D eigenvalue weighted by Crippen LogP contribution is 2.17. The molecule has 0 bridgehead atoms. The van der Waals surface area contributed by atoms with Crippen LogP contribution in [0.25, 0.3) is 0 Å². The topological polar surface area (TPSA) is 63.2 Å². The molecule has 6 heteroatoms. The van der Waals surface area contributed by atoms with Gasteiger partial charge in [-0.3, -0.25) is 4.79 Å². The number of hydrogen-bond acceptors (Lipinski definition) is 6. The van der Waals surface area contributed by atoms with Crippen LogP contribution in [-0.4, -0.2) is 58.0 Å². The molecule has 1 aliphatic heterocycles. The van der Waals surface area contributed by atoms with Gasteiger partial charge in [-0.15, -0.1) is 0 Å². The normalized spacial score (nSPS) is 20.6. The van der Waals surface area contributed by atoms with Crippen molar-refractivity contribution in [3.63, 3.8) is 0 Å². The molecule has 0 aliphatic carbocycles. The lowest BCUT2D eigenvalue weighted by Gasteiger charge is -2.35. The first-order chi connectivity index (χ1) is 8.81. The second-order valence-corrected chi connectivity index (χ2v) is 3.84. The van der Waals surface area contributed by atoms with Crippen LogP contribution in [0.5, 0.6) is 0 Å². The van der Waals surface area contributed by atoms with Crippen LogP contribution >= 0.6 is 0 Å². The van der Waals surface area contributed by atoms with E-state index in [1.807, 2.05) is 13.8 Å². The van der Waals surface area contributed by atoms with Crippen LogP contribution in [0, 0.1) is 0 Å². The maximum Gasteiger partial charge on any atom is 0.293 e. The largest absolute Gasteiger partial charge is 0.465 e. The van der Waals surface area contributed by atoms with Gasteiger partial charge in [-0.25, -0.2) is 0 Å². The number of ether oxygens (including phenoxy) is 5. The first-order valence-corrected chi connectivity index (χ1v) is 6.33. The van der Waals surface area contributed by atoms with Gasteiger partial charge in [0.1, 0.15) is 18.8 Å². The van der Waals surface area contributed by atoms with Crippen molar-refractivity contribution in [1.29, 1.82) is 0 Å². The van der Waals surface area contributed by atoms with Gasteiger partial charge in [0, 0.05) is 19.6 Å². The van der Waals surface area contributed by atoms with Crippen LogP contribution in [0.1, 0.15) is 35.1 Å². The average molecular weight is 294 g/mol. The Kier molecular flexibility index (Phi) is 14.4. The third-order valence-corrected chi connectivity index (χ3v) is 2.61. The summed E-state index contributed by atoms with van der Waals surface area (Å²) < 4.78 is 26.3. The Labute approximate surface area is 122 Å². The van der Waals surface area contributed by atoms with E-state index in [-0.39, 0.29) is 40.0 Å². The molecule has 122 valence electrons. The van der Waals surface area contributed by atoms with Crippen molar-refractivity contribution < 1.29 is 28.5 Å². The summed E-state index contributed by atoms with van der Waals surface area (Å²) in [4.78, 5) is 10.1. The fourth-order valence-corrected chi connectivity index (χ4v) is 1.66. The van der Waals surface area contributed by atoms with Crippen molar-refractivity contribution in [2.45, 2.75) is 53.6 Å². The van der Waals surface area contributed by atoms with Gasteiger partial charge in [-0.1, -0.05) is 14.9 Å². The summed E-state index contributed by atoms with van der Waals surface area (Å²) in [6.45, 7) is 6.84. The van der Waals surface area contributed by atoms with Crippen molar-refractivity contribution in [1.82, 2.24) is 0 Å². The molecule has 1 saturated heterocycles. The molecule has 1 fully saturated rings. The zero-order valence-electron chi connectivity index (χ0n) is 11.0. The lowest BCUT2D eigenvalue weighted by atomic mass is 10.1. The van der Waals surface area contributed by atoms with E-state index in [2.05, 4.69) is 4.74 Å². The van der Waals surface area contributed by atoms with E-state index in [1.54, 1.807) is 0 Å². The van der Waals surface area contributed by atoms with E-state index in [1.165, 1.54) is 0 Å². The second kappa shape index (κ2) is 13.3. The SMILES string of the molecule is C.C.CCOC(CCOC1COC1COC=O)OCC. The molecule has 0 saturated carbocycles. The summed E-state index contributed by atoms with van der Waals surface area (Å²) >= 11 is 0. The van der Waals surface area contributed by atoms with Crippen molar-refractivity contribution in [3.05, 3.63) is 0 Å². The van der Waals surface area contributed by atoms with E-state index in [0.29, 0.717) is 39.3 Å². The van der Waals surface area contributed by atoms with E-state index in [0.717, 1.165) is 0 Å². The standard InChI is InChI=1S/C12H22O6.2CH4/c1-3-15-12(16-4-2)5-6-17-11-8-18-10(11)7-14-9-13;;/h9-12H,3-8H2,1-2H3;2*1H4. The first-order valence-electron chi connectivity index (χ1n) is 6.33. The molecule has 1 heterocycles. The van der Waals surface area contributed by atoms with Crippen LogP contribution in [0.3, 0.4) is 0 Å². The average Bonchev–Trinajstić information content (AvgIpc) is 2.34. The maximum atomic E-state index is 10.1. The zero-order valence-corrected chi connectivity index (χ0v) is 11.0. The summed E-state index contributed by atoms with van der Waals surface area (Å²) in [7, 11) is 0. The Balaban J connectivity index is 0. The summed E-state index contributed by atoms with van der Waals surface area (Å²) in [6.07, 6.45) is 0.312. The Morgan fingerprint density at radius 3 is 2.35 bits per heavy atom. The van der Waals surface area contributed by atoms with E-state index < -0.39 is 0 Å². The monoisotopic (exact) mass is 294 g/mol. The minimum atomic E-state index is -0.217. The summed E-state index contributed by atoms with van der Waals surface area (Å²) in [5.41, 5.74) is 0. The molecule has 20 heavy (non-hydrogen) atoms. The molecular formula is C14H30O6. The zero-order chi connectivity index (χ0) is 13.2. The molecule has 0 N–H and O–H groups in total. The number of carbonyl (C=O) groups excluding carboxylic acids is 1. The third kappa shape index (κ3) is 7.79. The smallest absolute Gasteiger partial charge is 0.293 e. The molecule has 0 aromatic rings. The van der Waals surface area contributed by atoms with E-state index in [9.17, 15) is 4.79 Å². The molecule has 6 nitrogen and oxygen atoms in total. The summed E-state index contributed by atoms with van der Waals surface area (Å²) in [5, 5.41) is 0. The van der Waals surface area contributed by atoms with Gasteiger partial charge in [0.2, 0.25) is 0 Å². The summed E-state index contributed by atoms with van der Waals surface area (Å²) in [6, 6.07) is 0. The molecule has 2 unspecified atom stereocenters. The molecule has 0 aromatic carbocycles. The highest BCUT2D eigenvalue weighted by atomic mass is 16.7. The number of rotatable bonds is 11. The molecule has 0 radical (unpaired) electrons. The lowest BCUT2D eigenvalue weighted by molar-refractivity contribution is -0.213. The molecule has 0 aromatic heterocycles. The second-order valence-electron chi connectivity index (χ2n) is 3.84. The van der Waals surface area contributed by atoms with E-state index in [4.69, 9.17) is 18.9 Å². The molecule has 2 atom stereocenters. The van der Waals surface area contributed by atoms with Gasteiger partial charge in [0.05, 0.1) is 13.2 Å². The molecular weight excluding hydrogens is 264 g/mol. The maximum absolute atomic E-state index is 10.1. The van der Waals surface area contributed by atoms with Crippen LogP contribution < -0.4 is 0 Å². The van der Waals surface area contributed by atoms with E-state index >= 15 is 0 Å². The van der Waals surface area contributed by atoms with Gasteiger partial charge in [0.25, 0.3) is 6.47 Å². The van der Waals surface area contributed by atoms with Gasteiger partial charge < -0.3 is 23.7 Å². The first kappa shape index (κ1) is 21.6. The number of hydrogen-bond donors (Lipinski definition) is 0. The fourth-order valence-electron chi connectivity index (χ4n) is 1.66. The third-order valence-electron chi connectivity index (χ3n) is 2.61. The summed E-state index contributed by atoms with van der Waals surface area (Å²) in [5.74, 6) is 0. The van der Waals surface area contributed by atoms with Crippen molar-refractivity contribution in [2.24, 2.45) is 0 Å². The highest BCUT2D eigenvalue weighted by molar-refractivity contribution is 5.36. The van der Waals surface area contributed by atoms with Gasteiger partial charge in [0.15, 0.2) is 6.29 Å². The van der Waals surface area contributed by atoms with Gasteiger partial charge in [-0.05, 0) is 13.8 Å². The predicted molar refractivity (Wildman–Crippen MR) is 76.6 cm³/mol. The number of carbonyl (C=O) groups is 1. The Morgan fingerprint density at radius 1 is 1.25 bits per heavy atom. The Morgan fingerprint density at radius 2 is 1.90 bits per heavy atom. The molecule has 1 aliphatic rings. The van der Waals surface area contributed by atoms with Crippen molar-refractivity contribution >= 4 is 6.47 Å². The predicted octanol–water partition coefficient (Wildman–Crippen LogP) is 2.00. The Hall–Kier alpha value is -0.690. The molecule has 0 amide bonds. The fraction of sp³-hybridized carbons (Fsp3) is 0.929. The highest BCUT2D eigenvalue weighted by Gasteiger charge is 2.33. The van der Waals surface area contributed by atoms with Crippen molar-refractivity contribution in [2.75, 3.05) is 33.0 Å². The van der Waals surface area contributed by atoms with Crippen LogP contribution in [0.2, 0.25) is 0 Å².